The van der Waals surface area contributed by atoms with Crippen LogP contribution >= 0.6 is 0 Å². The van der Waals surface area contributed by atoms with Gasteiger partial charge in [0, 0.05) is 29.8 Å². The van der Waals surface area contributed by atoms with Crippen LogP contribution in [-0.2, 0) is 0 Å². The fourth-order valence-corrected chi connectivity index (χ4v) is 2.02. The summed E-state index contributed by atoms with van der Waals surface area (Å²) in [6.07, 6.45) is 0. The van der Waals surface area contributed by atoms with E-state index in [9.17, 15) is 4.39 Å². The molecule has 0 heterocycles. The third kappa shape index (κ3) is 3.44. The van der Waals surface area contributed by atoms with Crippen molar-refractivity contribution in [2.45, 2.75) is 13.0 Å². The van der Waals surface area contributed by atoms with Gasteiger partial charge in [-0.1, -0.05) is 6.07 Å². The molecule has 0 bridgehead atoms. The molecule has 2 N–H and O–H groups in total. The summed E-state index contributed by atoms with van der Waals surface area (Å²) in [5, 5.41) is 0. The molecular formula is C16H18FNO3. The van der Waals surface area contributed by atoms with E-state index in [1.54, 1.807) is 51.5 Å². The summed E-state index contributed by atoms with van der Waals surface area (Å²) in [5.41, 5.74) is 6.14. The van der Waals surface area contributed by atoms with Crippen LogP contribution < -0.4 is 19.9 Å². The van der Waals surface area contributed by atoms with Crippen molar-refractivity contribution >= 4 is 0 Å². The van der Waals surface area contributed by atoms with Gasteiger partial charge in [-0.05, 0) is 19.1 Å². The van der Waals surface area contributed by atoms with Gasteiger partial charge in [0.05, 0.1) is 14.2 Å². The van der Waals surface area contributed by atoms with Gasteiger partial charge in [-0.2, -0.15) is 0 Å². The van der Waals surface area contributed by atoms with Crippen LogP contribution in [0.3, 0.4) is 0 Å². The first-order valence-corrected chi connectivity index (χ1v) is 6.50. The lowest BCUT2D eigenvalue weighted by atomic mass is 10.1. The lowest BCUT2D eigenvalue weighted by Gasteiger charge is -2.15. The first-order valence-electron chi connectivity index (χ1n) is 6.50. The van der Waals surface area contributed by atoms with E-state index < -0.39 is 11.9 Å². The minimum atomic E-state index is -0.478. The van der Waals surface area contributed by atoms with Crippen molar-refractivity contribution in [1.82, 2.24) is 0 Å². The maximum atomic E-state index is 13.9. The molecule has 0 aliphatic rings. The third-order valence-electron chi connectivity index (χ3n) is 3.02. The quantitative estimate of drug-likeness (QED) is 0.913. The second kappa shape index (κ2) is 6.45. The molecule has 0 spiro atoms. The molecule has 0 aromatic heterocycles. The topological polar surface area (TPSA) is 53.7 Å². The Morgan fingerprint density at radius 1 is 1.00 bits per heavy atom. The summed E-state index contributed by atoms with van der Waals surface area (Å²) in [7, 11) is 3.10. The van der Waals surface area contributed by atoms with Crippen molar-refractivity contribution in [1.29, 1.82) is 0 Å². The Labute approximate surface area is 123 Å². The first kappa shape index (κ1) is 15.1. The van der Waals surface area contributed by atoms with E-state index in [4.69, 9.17) is 19.9 Å². The van der Waals surface area contributed by atoms with Gasteiger partial charge >= 0.3 is 0 Å². The summed E-state index contributed by atoms with van der Waals surface area (Å²) in [6.45, 7) is 1.71. The van der Waals surface area contributed by atoms with E-state index in [1.165, 1.54) is 6.07 Å². The largest absolute Gasteiger partial charge is 0.496 e. The molecule has 112 valence electrons. The van der Waals surface area contributed by atoms with Gasteiger partial charge in [0.15, 0.2) is 0 Å². The van der Waals surface area contributed by atoms with E-state index in [0.717, 1.165) is 0 Å². The molecule has 2 aromatic carbocycles. The lowest BCUT2D eigenvalue weighted by molar-refractivity contribution is 0.385. The number of nitrogens with two attached hydrogens (primary N) is 1. The van der Waals surface area contributed by atoms with E-state index in [0.29, 0.717) is 28.6 Å². The molecule has 0 fully saturated rings. The maximum Gasteiger partial charge on any atom is 0.135 e. The summed E-state index contributed by atoms with van der Waals surface area (Å²) in [5.74, 6) is 1.64. The molecule has 0 saturated carbocycles. The van der Waals surface area contributed by atoms with Gasteiger partial charge in [-0.15, -0.1) is 0 Å². The zero-order valence-corrected chi connectivity index (χ0v) is 12.2. The third-order valence-corrected chi connectivity index (χ3v) is 3.02. The minimum Gasteiger partial charge on any atom is -0.496 e. The Bertz CT molecular complexity index is 607. The molecule has 2 aromatic rings. The number of ether oxygens (including phenoxy) is 3. The van der Waals surface area contributed by atoms with Gasteiger partial charge in [0.25, 0.3) is 0 Å². The van der Waals surface area contributed by atoms with Crippen molar-refractivity contribution in [3.63, 3.8) is 0 Å². The average Bonchev–Trinajstić information content (AvgIpc) is 2.46. The van der Waals surface area contributed by atoms with Crippen molar-refractivity contribution in [3.05, 3.63) is 47.8 Å². The van der Waals surface area contributed by atoms with Crippen LogP contribution in [0.5, 0.6) is 23.0 Å². The number of hydrogen-bond donors (Lipinski definition) is 1. The van der Waals surface area contributed by atoms with Gasteiger partial charge in [0.1, 0.15) is 28.8 Å². The highest BCUT2D eigenvalue weighted by Gasteiger charge is 2.15. The Morgan fingerprint density at radius 2 is 1.57 bits per heavy atom. The van der Waals surface area contributed by atoms with Gasteiger partial charge in [-0.25, -0.2) is 4.39 Å². The number of hydrogen-bond acceptors (Lipinski definition) is 4. The monoisotopic (exact) mass is 291 g/mol. The number of rotatable bonds is 5. The van der Waals surface area contributed by atoms with Crippen molar-refractivity contribution in [2.24, 2.45) is 5.73 Å². The van der Waals surface area contributed by atoms with Crippen molar-refractivity contribution in [3.8, 4) is 23.0 Å². The van der Waals surface area contributed by atoms with Crippen LogP contribution in [0.1, 0.15) is 18.5 Å². The number of methoxy groups -OCH3 is 2. The van der Waals surface area contributed by atoms with Crippen molar-refractivity contribution < 1.29 is 18.6 Å². The molecule has 21 heavy (non-hydrogen) atoms. The molecule has 0 saturated heterocycles. The molecule has 0 radical (unpaired) electrons. The molecular weight excluding hydrogens is 273 g/mol. The highest BCUT2D eigenvalue weighted by Crippen LogP contribution is 2.34. The van der Waals surface area contributed by atoms with Crippen LogP contribution in [0, 0.1) is 5.82 Å². The molecule has 0 aliphatic heterocycles. The van der Waals surface area contributed by atoms with Gasteiger partial charge < -0.3 is 19.9 Å². The smallest absolute Gasteiger partial charge is 0.135 e. The van der Waals surface area contributed by atoms with E-state index >= 15 is 0 Å². The molecule has 0 aliphatic carbocycles. The summed E-state index contributed by atoms with van der Waals surface area (Å²) < 4.78 is 30.0. The Hall–Kier alpha value is -2.27. The average molecular weight is 291 g/mol. The van der Waals surface area contributed by atoms with E-state index in [2.05, 4.69) is 0 Å². The summed E-state index contributed by atoms with van der Waals surface area (Å²) >= 11 is 0. The lowest BCUT2D eigenvalue weighted by Crippen LogP contribution is -2.09. The SMILES string of the molecule is COc1cc(OC)cc(Oc2cccc(F)c2[C@@H](C)N)c1. The number of benzene rings is 2. The maximum absolute atomic E-state index is 13.9. The normalized spacial score (nSPS) is 11.9. The Kier molecular flexibility index (Phi) is 4.65. The summed E-state index contributed by atoms with van der Waals surface area (Å²) in [6, 6.07) is 9.25. The van der Waals surface area contributed by atoms with E-state index in [-0.39, 0.29) is 0 Å². The highest BCUT2D eigenvalue weighted by atomic mass is 19.1. The fourth-order valence-electron chi connectivity index (χ4n) is 2.02. The number of halogens is 1. The molecule has 0 amide bonds. The van der Waals surface area contributed by atoms with Gasteiger partial charge in [-0.3, -0.25) is 0 Å². The Balaban J connectivity index is 2.40. The predicted octanol–water partition coefficient (Wildman–Crippen LogP) is 3.65. The van der Waals surface area contributed by atoms with Crippen LogP contribution in [0.25, 0.3) is 0 Å². The standard InChI is InChI=1S/C16H18FNO3/c1-10(18)16-14(17)5-4-6-15(16)21-13-8-11(19-2)7-12(9-13)20-3/h4-10H,18H2,1-3H3/t10-/m1/s1. The van der Waals surface area contributed by atoms with Crippen LogP contribution in [-0.4, -0.2) is 14.2 Å². The molecule has 4 nitrogen and oxygen atoms in total. The predicted molar refractivity (Wildman–Crippen MR) is 78.6 cm³/mol. The molecule has 2 rings (SSSR count). The minimum absolute atomic E-state index is 0.333. The van der Waals surface area contributed by atoms with Gasteiger partial charge in [0.2, 0.25) is 0 Å². The second-order valence-electron chi connectivity index (χ2n) is 4.59. The van der Waals surface area contributed by atoms with E-state index in [1.807, 2.05) is 0 Å². The fraction of sp³-hybridized carbons (Fsp3) is 0.250. The Morgan fingerprint density at radius 3 is 2.10 bits per heavy atom. The van der Waals surface area contributed by atoms with Crippen molar-refractivity contribution in [2.75, 3.05) is 14.2 Å². The second-order valence-corrected chi connectivity index (χ2v) is 4.59. The molecule has 5 heteroatoms. The van der Waals surface area contributed by atoms with Crippen LogP contribution in [0.15, 0.2) is 36.4 Å². The van der Waals surface area contributed by atoms with Crippen LogP contribution in [0.4, 0.5) is 4.39 Å². The molecule has 0 unspecified atom stereocenters. The first-order chi connectivity index (χ1) is 10.0. The zero-order valence-electron chi connectivity index (χ0n) is 12.2. The highest BCUT2D eigenvalue weighted by molar-refractivity contribution is 5.46. The van der Waals surface area contributed by atoms with Crippen LogP contribution in [0.2, 0.25) is 0 Å². The zero-order chi connectivity index (χ0) is 15.4. The summed E-state index contributed by atoms with van der Waals surface area (Å²) in [4.78, 5) is 0. The molecule has 1 atom stereocenters.